The monoisotopic (exact) mass is 366 g/mol. The Hall–Kier alpha value is -1.09. The summed E-state index contributed by atoms with van der Waals surface area (Å²) in [6.45, 7) is 4.44. The molecule has 1 fully saturated rings. The summed E-state index contributed by atoms with van der Waals surface area (Å²) in [5, 5.41) is 10.4. The molecule has 1 amide bonds. The third-order valence-corrected chi connectivity index (χ3v) is 4.84. The van der Waals surface area contributed by atoms with Crippen LogP contribution < -0.4 is 16.8 Å². The fraction of sp³-hybridized carbons (Fsp3) is 0.786. The summed E-state index contributed by atoms with van der Waals surface area (Å²) in [7, 11) is 3.98. The van der Waals surface area contributed by atoms with E-state index < -0.39 is 5.97 Å². The molecule has 1 saturated heterocycles. The van der Waals surface area contributed by atoms with E-state index in [4.69, 9.17) is 16.6 Å². The summed E-state index contributed by atoms with van der Waals surface area (Å²) in [4.78, 5) is 24.3. The Bertz CT molecular complexity index is 326. The minimum atomic E-state index is -1.01. The molecule has 0 unspecified atom stereocenters. The second kappa shape index (κ2) is 19.0. The summed E-state index contributed by atoms with van der Waals surface area (Å²) in [5.74, 6) is 1.74. The number of carboxylic acids is 1. The lowest BCUT2D eigenvalue weighted by Crippen LogP contribution is -2.28. The van der Waals surface area contributed by atoms with Crippen molar-refractivity contribution in [3.8, 4) is 0 Å². The first-order chi connectivity index (χ1) is 10.9. The SMILES string of the molecule is C1CSSC1.CCCC(=O)NCC(=O)O.CCCCN=C(N)N. The van der Waals surface area contributed by atoms with Crippen molar-refractivity contribution in [2.45, 2.75) is 46.0 Å². The van der Waals surface area contributed by atoms with E-state index in [2.05, 4.69) is 17.2 Å². The Morgan fingerprint density at radius 2 is 1.78 bits per heavy atom. The quantitative estimate of drug-likeness (QED) is 0.234. The number of aliphatic carboxylic acids is 1. The molecule has 0 radical (unpaired) electrons. The van der Waals surface area contributed by atoms with Crippen LogP contribution in [0.2, 0.25) is 0 Å². The van der Waals surface area contributed by atoms with Crippen LogP contribution in [0.1, 0.15) is 46.0 Å². The molecule has 0 bridgehead atoms. The first-order valence-corrected chi connectivity index (χ1v) is 10.2. The number of rotatable bonds is 7. The van der Waals surface area contributed by atoms with Gasteiger partial charge in [0.15, 0.2) is 5.96 Å². The van der Waals surface area contributed by atoms with Crippen molar-refractivity contribution in [1.82, 2.24) is 5.32 Å². The van der Waals surface area contributed by atoms with E-state index in [1.54, 1.807) is 0 Å². The van der Waals surface area contributed by atoms with Crippen LogP contribution in [0.15, 0.2) is 4.99 Å². The van der Waals surface area contributed by atoms with Crippen LogP contribution in [-0.2, 0) is 9.59 Å². The summed E-state index contributed by atoms with van der Waals surface area (Å²) in [5.41, 5.74) is 10.1. The van der Waals surface area contributed by atoms with Gasteiger partial charge in [-0.05, 0) is 19.3 Å². The Morgan fingerprint density at radius 3 is 2.13 bits per heavy atom. The number of nitrogens with one attached hydrogen (secondary N) is 1. The minimum Gasteiger partial charge on any atom is -0.480 e. The lowest BCUT2D eigenvalue weighted by molar-refractivity contribution is -0.137. The second-order valence-electron chi connectivity index (χ2n) is 4.58. The first kappa shape index (κ1) is 24.2. The van der Waals surface area contributed by atoms with Gasteiger partial charge in [0, 0.05) is 24.5 Å². The number of unbranched alkanes of at least 4 members (excludes halogenated alkanes) is 1. The van der Waals surface area contributed by atoms with Gasteiger partial charge in [-0.25, -0.2) is 0 Å². The molecule has 0 saturated carbocycles. The molecule has 0 aromatic carbocycles. The normalized spacial score (nSPS) is 12.1. The molecule has 1 aliphatic heterocycles. The molecule has 6 N–H and O–H groups in total. The summed E-state index contributed by atoms with van der Waals surface area (Å²) < 4.78 is 0. The van der Waals surface area contributed by atoms with Crippen LogP contribution in [0.3, 0.4) is 0 Å². The highest BCUT2D eigenvalue weighted by molar-refractivity contribution is 8.77. The summed E-state index contributed by atoms with van der Waals surface area (Å²) in [6, 6.07) is 0. The van der Waals surface area contributed by atoms with Crippen LogP contribution in [0.4, 0.5) is 0 Å². The molecule has 0 aromatic heterocycles. The van der Waals surface area contributed by atoms with E-state index in [0.717, 1.165) is 25.8 Å². The summed E-state index contributed by atoms with van der Waals surface area (Å²) in [6.07, 6.45) is 4.77. The number of hydrogen-bond acceptors (Lipinski definition) is 5. The third kappa shape index (κ3) is 26.1. The topological polar surface area (TPSA) is 131 Å². The predicted octanol–water partition coefficient (Wildman–Crippen LogP) is 1.82. The van der Waals surface area contributed by atoms with Gasteiger partial charge in [0.1, 0.15) is 6.54 Å². The van der Waals surface area contributed by atoms with Gasteiger partial charge in [0.25, 0.3) is 0 Å². The van der Waals surface area contributed by atoms with Crippen LogP contribution in [-0.4, -0.2) is 47.5 Å². The maximum atomic E-state index is 10.6. The van der Waals surface area contributed by atoms with Crippen molar-refractivity contribution in [3.63, 3.8) is 0 Å². The highest BCUT2D eigenvalue weighted by Gasteiger charge is 2.00. The van der Waals surface area contributed by atoms with Gasteiger partial charge >= 0.3 is 5.97 Å². The summed E-state index contributed by atoms with van der Waals surface area (Å²) >= 11 is 0. The molecule has 0 aromatic rings. The Morgan fingerprint density at radius 1 is 1.17 bits per heavy atom. The van der Waals surface area contributed by atoms with E-state index in [1.807, 2.05) is 28.5 Å². The van der Waals surface area contributed by atoms with E-state index >= 15 is 0 Å². The molecule has 7 nitrogen and oxygen atoms in total. The predicted molar refractivity (Wildman–Crippen MR) is 101 cm³/mol. The molecule has 0 atom stereocenters. The van der Waals surface area contributed by atoms with Crippen molar-refractivity contribution in [3.05, 3.63) is 0 Å². The molecule has 1 rings (SSSR count). The lowest BCUT2D eigenvalue weighted by atomic mass is 10.3. The van der Waals surface area contributed by atoms with Gasteiger partial charge in [0.05, 0.1) is 0 Å². The van der Waals surface area contributed by atoms with E-state index in [1.165, 1.54) is 17.9 Å². The molecular formula is C14H30N4O3S2. The largest absolute Gasteiger partial charge is 0.480 e. The standard InChI is InChI=1S/C6H11NO3.C5H13N3.C3H6S2/c1-2-3-5(8)7-4-6(9)10;1-2-3-4-8-5(6)7;1-2-4-5-3-1/h2-4H2,1H3,(H,7,8)(H,9,10);2-4H2,1H3,(H4,6,7,8);1-3H2. The van der Waals surface area contributed by atoms with Gasteiger partial charge in [0.2, 0.25) is 5.91 Å². The van der Waals surface area contributed by atoms with E-state index in [-0.39, 0.29) is 18.4 Å². The molecule has 0 spiro atoms. The number of carbonyl (C=O) groups excluding carboxylic acids is 1. The number of carbonyl (C=O) groups is 2. The van der Waals surface area contributed by atoms with Gasteiger partial charge in [-0.3, -0.25) is 14.6 Å². The zero-order valence-corrected chi connectivity index (χ0v) is 15.7. The van der Waals surface area contributed by atoms with Gasteiger partial charge in [-0.15, -0.1) is 0 Å². The van der Waals surface area contributed by atoms with Gasteiger partial charge in [-0.1, -0.05) is 41.9 Å². The lowest BCUT2D eigenvalue weighted by Gasteiger charge is -1.97. The number of carboxylic acid groups (broad SMARTS) is 1. The molecule has 136 valence electrons. The second-order valence-corrected chi connectivity index (χ2v) is 7.28. The Kier molecular flexibility index (Phi) is 19.9. The van der Waals surface area contributed by atoms with Crippen LogP contribution in [0.25, 0.3) is 0 Å². The van der Waals surface area contributed by atoms with Crippen LogP contribution in [0.5, 0.6) is 0 Å². The maximum absolute atomic E-state index is 10.6. The zero-order chi connectivity index (χ0) is 17.9. The molecular weight excluding hydrogens is 336 g/mol. The number of amides is 1. The number of nitrogens with zero attached hydrogens (tertiary/aromatic N) is 1. The van der Waals surface area contributed by atoms with Crippen molar-refractivity contribution in [2.75, 3.05) is 24.6 Å². The highest BCUT2D eigenvalue weighted by Crippen LogP contribution is 2.29. The Balaban J connectivity index is 0. The fourth-order valence-corrected chi connectivity index (χ4v) is 3.51. The number of guanidine groups is 1. The van der Waals surface area contributed by atoms with E-state index in [0.29, 0.717) is 6.42 Å². The molecule has 23 heavy (non-hydrogen) atoms. The van der Waals surface area contributed by atoms with Gasteiger partial charge < -0.3 is 21.9 Å². The maximum Gasteiger partial charge on any atom is 0.322 e. The smallest absolute Gasteiger partial charge is 0.322 e. The van der Waals surface area contributed by atoms with Crippen molar-refractivity contribution in [2.24, 2.45) is 16.5 Å². The first-order valence-electron chi connectivity index (χ1n) is 7.72. The zero-order valence-electron chi connectivity index (χ0n) is 14.0. The van der Waals surface area contributed by atoms with Crippen molar-refractivity contribution in [1.29, 1.82) is 0 Å². The number of hydrogen-bond donors (Lipinski definition) is 4. The minimum absolute atomic E-state index is 0.193. The molecule has 1 heterocycles. The van der Waals surface area contributed by atoms with Gasteiger partial charge in [-0.2, -0.15) is 0 Å². The average Bonchev–Trinajstić information content (AvgIpc) is 3.05. The van der Waals surface area contributed by atoms with Crippen LogP contribution in [0, 0.1) is 0 Å². The molecule has 0 aliphatic carbocycles. The van der Waals surface area contributed by atoms with E-state index in [9.17, 15) is 9.59 Å². The third-order valence-electron chi connectivity index (χ3n) is 2.26. The Labute approximate surface area is 146 Å². The number of nitrogens with two attached hydrogens (primary N) is 2. The highest BCUT2D eigenvalue weighted by atomic mass is 33.1. The molecule has 9 heteroatoms. The van der Waals surface area contributed by atoms with Crippen LogP contribution >= 0.6 is 21.6 Å². The van der Waals surface area contributed by atoms with Crippen molar-refractivity contribution >= 4 is 39.4 Å². The number of aliphatic imine (C=N–C) groups is 1. The average molecular weight is 367 g/mol. The fourth-order valence-electron chi connectivity index (χ4n) is 1.15. The molecule has 1 aliphatic rings. The van der Waals surface area contributed by atoms with Crippen molar-refractivity contribution < 1.29 is 14.7 Å².